The minimum Gasteiger partial charge on any atom is -0.481 e. The summed E-state index contributed by atoms with van der Waals surface area (Å²) in [6, 6.07) is 0. The van der Waals surface area contributed by atoms with Crippen molar-refractivity contribution in [2.75, 3.05) is 0 Å². The van der Waals surface area contributed by atoms with Crippen LogP contribution >= 0.6 is 0 Å². The van der Waals surface area contributed by atoms with Crippen molar-refractivity contribution in [2.24, 2.45) is 23.2 Å². The Labute approximate surface area is 145 Å². The largest absolute Gasteiger partial charge is 0.481 e. The maximum atomic E-state index is 11.3. The van der Waals surface area contributed by atoms with Gasteiger partial charge in [0.25, 0.3) is 0 Å². The molecule has 2 atom stereocenters. The first kappa shape index (κ1) is 20.9. The maximum absolute atomic E-state index is 11.3. The third kappa shape index (κ3) is 5.72. The third-order valence-electron chi connectivity index (χ3n) is 5.23. The molecule has 0 amide bonds. The zero-order chi connectivity index (χ0) is 19.2. The number of hydrogen-bond acceptors (Lipinski definition) is 4. The molecule has 8 heteroatoms. The Balaban J connectivity index is 0.000000299. The van der Waals surface area contributed by atoms with E-state index in [0.29, 0.717) is 12.3 Å². The van der Waals surface area contributed by atoms with Crippen molar-refractivity contribution in [3.63, 3.8) is 0 Å². The van der Waals surface area contributed by atoms with E-state index in [0.717, 1.165) is 25.7 Å². The van der Waals surface area contributed by atoms with E-state index < -0.39 is 35.2 Å². The molecule has 0 spiro atoms. The molecule has 0 aromatic heterocycles. The highest BCUT2D eigenvalue weighted by Gasteiger charge is 2.67. The Hall–Kier alpha value is -2.12. The Morgan fingerprint density at radius 3 is 1.68 bits per heavy atom. The van der Waals surface area contributed by atoms with Gasteiger partial charge in [-0.25, -0.2) is 0 Å². The zero-order valence-electron chi connectivity index (χ0n) is 14.3. The lowest BCUT2D eigenvalue weighted by atomic mass is 9.73. The Morgan fingerprint density at radius 2 is 1.36 bits per heavy atom. The van der Waals surface area contributed by atoms with Gasteiger partial charge < -0.3 is 20.4 Å². The number of rotatable bonds is 7. The summed E-state index contributed by atoms with van der Waals surface area (Å²) in [6.07, 6.45) is 4.23. The minimum absolute atomic E-state index is 0.0632. The predicted octanol–water partition coefficient (Wildman–Crippen LogP) is 2.31. The second-order valence-electron chi connectivity index (χ2n) is 7.04. The fourth-order valence-corrected chi connectivity index (χ4v) is 3.61. The number of carbonyl (C=O) groups is 4. The van der Waals surface area contributed by atoms with Crippen LogP contribution < -0.4 is 0 Å². The summed E-state index contributed by atoms with van der Waals surface area (Å²) >= 11 is 0. The summed E-state index contributed by atoms with van der Waals surface area (Å²) in [6.45, 7) is 2.17. The SMILES string of the molecule is CC1CCC(C2(C(=O)O)CC2C(=O)O)CC1.O=C(O)CCCC(=O)O. The van der Waals surface area contributed by atoms with Crippen LogP contribution in [0.4, 0.5) is 0 Å². The van der Waals surface area contributed by atoms with Crippen LogP contribution in [0.15, 0.2) is 0 Å². The molecule has 8 nitrogen and oxygen atoms in total. The lowest BCUT2D eigenvalue weighted by Gasteiger charge is -2.31. The molecule has 2 aliphatic carbocycles. The third-order valence-corrected chi connectivity index (χ3v) is 5.23. The van der Waals surface area contributed by atoms with Crippen molar-refractivity contribution in [2.45, 2.75) is 58.3 Å². The molecular weight excluding hydrogens is 332 g/mol. The summed E-state index contributed by atoms with van der Waals surface area (Å²) < 4.78 is 0. The Bertz CT molecular complexity index is 507. The Morgan fingerprint density at radius 1 is 0.880 bits per heavy atom. The van der Waals surface area contributed by atoms with Gasteiger partial charge in [-0.1, -0.05) is 19.8 Å². The van der Waals surface area contributed by atoms with Crippen LogP contribution in [0.1, 0.15) is 58.3 Å². The molecule has 0 bridgehead atoms. The standard InChI is InChI=1S/C12H18O4.C5H8O4/c1-7-2-4-8(5-3-7)12(11(15)16)6-9(12)10(13)14;6-4(7)2-1-3-5(8)9/h7-9H,2-6H2,1H3,(H,13,14)(H,15,16);1-3H2,(H,6,7)(H,8,9). The molecule has 2 saturated carbocycles. The molecule has 0 radical (unpaired) electrons. The van der Waals surface area contributed by atoms with Gasteiger partial charge in [-0.15, -0.1) is 0 Å². The smallest absolute Gasteiger partial charge is 0.310 e. The van der Waals surface area contributed by atoms with Crippen molar-refractivity contribution in [1.82, 2.24) is 0 Å². The maximum Gasteiger partial charge on any atom is 0.310 e. The second-order valence-corrected chi connectivity index (χ2v) is 7.04. The highest BCUT2D eigenvalue weighted by Crippen LogP contribution is 2.61. The lowest BCUT2D eigenvalue weighted by Crippen LogP contribution is -2.32. The quantitative estimate of drug-likeness (QED) is 0.541. The topological polar surface area (TPSA) is 149 Å². The molecule has 2 aliphatic rings. The van der Waals surface area contributed by atoms with Crippen LogP contribution in [0.5, 0.6) is 0 Å². The van der Waals surface area contributed by atoms with E-state index in [9.17, 15) is 24.3 Å². The molecule has 0 heterocycles. The summed E-state index contributed by atoms with van der Waals surface area (Å²) in [5.41, 5.74) is -0.939. The Kier molecular flexibility index (Phi) is 7.38. The van der Waals surface area contributed by atoms with Gasteiger partial charge in [-0.05, 0) is 37.5 Å². The van der Waals surface area contributed by atoms with Gasteiger partial charge in [0, 0.05) is 12.8 Å². The molecule has 0 aliphatic heterocycles. The molecule has 0 aromatic rings. The van der Waals surface area contributed by atoms with E-state index in [1.54, 1.807) is 0 Å². The van der Waals surface area contributed by atoms with E-state index in [2.05, 4.69) is 6.92 Å². The van der Waals surface area contributed by atoms with Gasteiger partial charge in [0.2, 0.25) is 0 Å². The van der Waals surface area contributed by atoms with Crippen molar-refractivity contribution in [3.8, 4) is 0 Å². The lowest BCUT2D eigenvalue weighted by molar-refractivity contribution is -0.152. The molecule has 142 valence electrons. The van der Waals surface area contributed by atoms with Crippen molar-refractivity contribution >= 4 is 23.9 Å². The molecule has 4 N–H and O–H groups in total. The number of carboxylic acid groups (broad SMARTS) is 4. The van der Waals surface area contributed by atoms with Crippen molar-refractivity contribution in [3.05, 3.63) is 0 Å². The first-order chi connectivity index (χ1) is 11.6. The molecule has 2 unspecified atom stereocenters. The van der Waals surface area contributed by atoms with E-state index in [1.807, 2.05) is 0 Å². The predicted molar refractivity (Wildman–Crippen MR) is 86.1 cm³/mol. The van der Waals surface area contributed by atoms with E-state index in [1.165, 1.54) is 0 Å². The first-order valence-corrected chi connectivity index (χ1v) is 8.51. The van der Waals surface area contributed by atoms with Gasteiger partial charge in [-0.2, -0.15) is 0 Å². The fraction of sp³-hybridized carbons (Fsp3) is 0.765. The number of carboxylic acids is 4. The van der Waals surface area contributed by atoms with Gasteiger partial charge in [-0.3, -0.25) is 19.2 Å². The van der Waals surface area contributed by atoms with Crippen molar-refractivity contribution < 1.29 is 39.6 Å². The average Bonchev–Trinajstić information content (AvgIpc) is 3.25. The first-order valence-electron chi connectivity index (χ1n) is 8.51. The van der Waals surface area contributed by atoms with Gasteiger partial charge in [0.05, 0.1) is 11.3 Å². The van der Waals surface area contributed by atoms with Crippen molar-refractivity contribution in [1.29, 1.82) is 0 Å². The molecule has 0 aromatic carbocycles. The fourth-order valence-electron chi connectivity index (χ4n) is 3.61. The molecule has 25 heavy (non-hydrogen) atoms. The molecule has 2 fully saturated rings. The normalized spacial score (nSPS) is 30.5. The summed E-state index contributed by atoms with van der Waals surface area (Å²) in [4.78, 5) is 41.8. The molecule has 0 saturated heterocycles. The van der Waals surface area contributed by atoms with E-state index in [4.69, 9.17) is 15.3 Å². The van der Waals surface area contributed by atoms with Crippen LogP contribution in [0.3, 0.4) is 0 Å². The van der Waals surface area contributed by atoms with E-state index >= 15 is 0 Å². The minimum atomic E-state index is -0.948. The average molecular weight is 358 g/mol. The van der Waals surface area contributed by atoms with Crippen LogP contribution in [-0.4, -0.2) is 44.3 Å². The van der Waals surface area contributed by atoms with Crippen LogP contribution in [0, 0.1) is 23.2 Å². The number of hydrogen-bond donors (Lipinski definition) is 4. The number of aliphatic carboxylic acids is 4. The highest BCUT2D eigenvalue weighted by atomic mass is 16.4. The van der Waals surface area contributed by atoms with E-state index in [-0.39, 0.29) is 25.2 Å². The van der Waals surface area contributed by atoms with Crippen LogP contribution in [-0.2, 0) is 19.2 Å². The van der Waals surface area contributed by atoms with Gasteiger partial charge in [0.15, 0.2) is 0 Å². The molecule has 2 rings (SSSR count). The second kappa shape index (κ2) is 8.82. The highest BCUT2D eigenvalue weighted by molar-refractivity contribution is 5.89. The summed E-state index contributed by atoms with van der Waals surface area (Å²) in [5.74, 6) is -3.66. The monoisotopic (exact) mass is 358 g/mol. The van der Waals surface area contributed by atoms with Gasteiger partial charge in [0.1, 0.15) is 0 Å². The zero-order valence-corrected chi connectivity index (χ0v) is 14.3. The van der Waals surface area contributed by atoms with Gasteiger partial charge >= 0.3 is 23.9 Å². The summed E-state index contributed by atoms with van der Waals surface area (Å²) in [7, 11) is 0. The summed E-state index contributed by atoms with van der Waals surface area (Å²) in [5, 5.41) is 34.3. The van der Waals surface area contributed by atoms with Crippen LogP contribution in [0.25, 0.3) is 0 Å². The molecular formula is C17H26O8. The van der Waals surface area contributed by atoms with Crippen LogP contribution in [0.2, 0.25) is 0 Å².